The fraction of sp³-hybridized carbons (Fsp3) is 0.565. The summed E-state index contributed by atoms with van der Waals surface area (Å²) in [7, 11) is 0. The molecule has 3 nitrogen and oxygen atoms in total. The van der Waals surface area contributed by atoms with Gasteiger partial charge in [0.2, 0.25) is 0 Å². The number of benzene rings is 1. The topological polar surface area (TPSA) is 43.1 Å². The van der Waals surface area contributed by atoms with Crippen molar-refractivity contribution in [2.45, 2.75) is 83.5 Å². The summed E-state index contributed by atoms with van der Waals surface area (Å²) < 4.78 is 5.35. The molecule has 0 aliphatic heterocycles. The van der Waals surface area contributed by atoms with Crippen LogP contribution in [-0.4, -0.2) is 10.9 Å². The quantitative estimate of drug-likeness (QED) is 0.458. The van der Waals surface area contributed by atoms with Crippen LogP contribution in [-0.2, 0) is 19.3 Å². The van der Waals surface area contributed by atoms with E-state index < -0.39 is 0 Å². The van der Waals surface area contributed by atoms with Gasteiger partial charge < -0.3 is 4.52 Å². The number of ketones is 1. The highest BCUT2D eigenvalue weighted by molar-refractivity contribution is 5.98. The first-order valence-corrected chi connectivity index (χ1v) is 10.4. The maximum absolute atomic E-state index is 12.0. The van der Waals surface area contributed by atoms with Crippen molar-refractivity contribution in [2.24, 2.45) is 0 Å². The van der Waals surface area contributed by atoms with Crippen molar-refractivity contribution in [1.29, 1.82) is 0 Å². The minimum absolute atomic E-state index is 0.234. The Balaban J connectivity index is 1.20. The Morgan fingerprint density at radius 2 is 1.46 bits per heavy atom. The predicted octanol–water partition coefficient (Wildman–Crippen LogP) is 6.10. The number of carbonyl (C=O) groups is 1. The lowest BCUT2D eigenvalue weighted by atomic mass is 9.93. The van der Waals surface area contributed by atoms with Crippen LogP contribution in [0.2, 0.25) is 0 Å². The maximum atomic E-state index is 12.0. The van der Waals surface area contributed by atoms with Crippen molar-refractivity contribution >= 4 is 5.78 Å². The van der Waals surface area contributed by atoms with Gasteiger partial charge in [-0.3, -0.25) is 4.79 Å². The summed E-state index contributed by atoms with van der Waals surface area (Å²) in [6.45, 7) is 0. The summed E-state index contributed by atoms with van der Waals surface area (Å²) in [4.78, 5) is 12.0. The molecule has 1 heterocycles. The van der Waals surface area contributed by atoms with Gasteiger partial charge in [-0.05, 0) is 37.7 Å². The average molecular weight is 354 g/mol. The number of aromatic nitrogens is 1. The zero-order valence-corrected chi connectivity index (χ0v) is 15.8. The van der Waals surface area contributed by atoms with E-state index in [1.807, 2.05) is 0 Å². The number of aryl methyl sites for hydroxylation is 3. The predicted molar refractivity (Wildman–Crippen MR) is 105 cm³/mol. The third kappa shape index (κ3) is 5.55. The molecule has 26 heavy (non-hydrogen) atoms. The van der Waals surface area contributed by atoms with E-state index in [0.717, 1.165) is 42.7 Å². The molecule has 1 aliphatic carbocycles. The van der Waals surface area contributed by atoms with Crippen LogP contribution in [0.15, 0.2) is 34.9 Å². The van der Waals surface area contributed by atoms with E-state index in [0.29, 0.717) is 6.42 Å². The van der Waals surface area contributed by atoms with Crippen molar-refractivity contribution < 1.29 is 9.32 Å². The second-order valence-corrected chi connectivity index (χ2v) is 7.52. The highest BCUT2D eigenvalue weighted by atomic mass is 16.5. The SMILES string of the molecule is O=C1CCCc2onc(CCCCCCCCCCc3ccccc3)c21. The summed E-state index contributed by atoms with van der Waals surface area (Å²) in [5.41, 5.74) is 3.18. The van der Waals surface area contributed by atoms with Crippen LogP contribution in [0.4, 0.5) is 0 Å². The first kappa shape index (κ1) is 18.9. The van der Waals surface area contributed by atoms with Crippen molar-refractivity contribution in [3.05, 3.63) is 52.9 Å². The number of carbonyl (C=O) groups excluding carboxylic acids is 1. The first-order valence-electron chi connectivity index (χ1n) is 10.4. The molecule has 0 spiro atoms. The fourth-order valence-corrected chi connectivity index (χ4v) is 3.88. The Kier molecular flexibility index (Phi) is 7.48. The van der Waals surface area contributed by atoms with Crippen molar-refractivity contribution in [1.82, 2.24) is 5.16 Å². The number of rotatable bonds is 11. The molecule has 1 aromatic heterocycles. The first-order chi connectivity index (χ1) is 12.8. The largest absolute Gasteiger partial charge is 0.360 e. The molecular formula is C23H31NO2. The molecule has 140 valence electrons. The van der Waals surface area contributed by atoms with Crippen molar-refractivity contribution in [3.8, 4) is 0 Å². The third-order valence-electron chi connectivity index (χ3n) is 5.39. The number of unbranched alkanes of at least 4 members (excludes halogenated alkanes) is 7. The van der Waals surface area contributed by atoms with E-state index in [2.05, 4.69) is 35.5 Å². The molecule has 0 unspecified atom stereocenters. The van der Waals surface area contributed by atoms with Gasteiger partial charge in [0.1, 0.15) is 5.76 Å². The third-order valence-corrected chi connectivity index (χ3v) is 5.39. The zero-order valence-electron chi connectivity index (χ0n) is 15.8. The van der Waals surface area contributed by atoms with E-state index in [4.69, 9.17) is 4.52 Å². The number of Topliss-reactive ketones (excluding diaryl/α,β-unsaturated/α-hetero) is 1. The Labute approximate surface area is 157 Å². The molecule has 0 saturated carbocycles. The molecule has 1 aromatic carbocycles. The van der Waals surface area contributed by atoms with Crippen LogP contribution < -0.4 is 0 Å². The Morgan fingerprint density at radius 1 is 0.808 bits per heavy atom. The van der Waals surface area contributed by atoms with Gasteiger partial charge in [-0.2, -0.15) is 0 Å². The molecular weight excluding hydrogens is 322 g/mol. The smallest absolute Gasteiger partial charge is 0.168 e. The van der Waals surface area contributed by atoms with Gasteiger partial charge in [0, 0.05) is 12.8 Å². The van der Waals surface area contributed by atoms with Gasteiger partial charge in [-0.15, -0.1) is 0 Å². The number of nitrogens with zero attached hydrogens (tertiary/aromatic N) is 1. The van der Waals surface area contributed by atoms with Crippen LogP contribution >= 0.6 is 0 Å². The van der Waals surface area contributed by atoms with E-state index in [-0.39, 0.29) is 5.78 Å². The molecule has 0 atom stereocenters. The molecule has 0 saturated heterocycles. The second kappa shape index (κ2) is 10.3. The standard InChI is InChI=1S/C23H31NO2/c25-21-17-12-18-22-23(21)20(24-26-22)16-11-6-4-2-1-3-5-8-13-19-14-9-7-10-15-19/h7,9-10,14-15H,1-6,8,11-13,16-18H2. The lowest BCUT2D eigenvalue weighted by Gasteiger charge is -2.08. The normalized spacial score (nSPS) is 13.8. The lowest BCUT2D eigenvalue weighted by molar-refractivity contribution is 0.0968. The summed E-state index contributed by atoms with van der Waals surface area (Å²) in [6.07, 6.45) is 14.8. The summed E-state index contributed by atoms with van der Waals surface area (Å²) in [5, 5.41) is 4.15. The van der Waals surface area contributed by atoms with E-state index in [1.165, 1.54) is 56.9 Å². The number of fused-ring (bicyclic) bond motifs is 1. The zero-order chi connectivity index (χ0) is 18.0. The maximum Gasteiger partial charge on any atom is 0.168 e. The van der Waals surface area contributed by atoms with Gasteiger partial charge in [-0.25, -0.2) is 0 Å². The number of hydrogen-bond acceptors (Lipinski definition) is 3. The lowest BCUT2D eigenvalue weighted by Crippen LogP contribution is -2.10. The van der Waals surface area contributed by atoms with E-state index in [1.54, 1.807) is 0 Å². The average Bonchev–Trinajstić information content (AvgIpc) is 3.08. The minimum atomic E-state index is 0.234. The second-order valence-electron chi connectivity index (χ2n) is 7.52. The minimum Gasteiger partial charge on any atom is -0.360 e. The molecule has 2 aromatic rings. The van der Waals surface area contributed by atoms with Crippen molar-refractivity contribution in [3.63, 3.8) is 0 Å². The Bertz CT molecular complexity index is 675. The molecule has 0 fully saturated rings. The molecule has 0 radical (unpaired) electrons. The van der Waals surface area contributed by atoms with Gasteiger partial charge >= 0.3 is 0 Å². The van der Waals surface area contributed by atoms with Gasteiger partial charge in [0.05, 0.1) is 11.3 Å². The highest BCUT2D eigenvalue weighted by Gasteiger charge is 2.25. The van der Waals surface area contributed by atoms with Gasteiger partial charge in [0.15, 0.2) is 5.78 Å². The van der Waals surface area contributed by atoms with Crippen LogP contribution in [0, 0.1) is 0 Å². The van der Waals surface area contributed by atoms with E-state index >= 15 is 0 Å². The monoisotopic (exact) mass is 353 g/mol. The summed E-state index contributed by atoms with van der Waals surface area (Å²) in [6, 6.07) is 10.8. The van der Waals surface area contributed by atoms with E-state index in [9.17, 15) is 4.79 Å². The van der Waals surface area contributed by atoms with Gasteiger partial charge in [-0.1, -0.05) is 74.0 Å². The summed E-state index contributed by atoms with van der Waals surface area (Å²) in [5.74, 6) is 1.06. The number of hydrogen-bond donors (Lipinski definition) is 0. The van der Waals surface area contributed by atoms with Crippen LogP contribution in [0.25, 0.3) is 0 Å². The Morgan fingerprint density at radius 3 is 2.19 bits per heavy atom. The van der Waals surface area contributed by atoms with Gasteiger partial charge in [0.25, 0.3) is 0 Å². The van der Waals surface area contributed by atoms with Crippen molar-refractivity contribution in [2.75, 3.05) is 0 Å². The molecule has 0 amide bonds. The molecule has 1 aliphatic rings. The Hall–Kier alpha value is -1.90. The molecule has 0 bridgehead atoms. The van der Waals surface area contributed by atoms with Crippen LogP contribution in [0.1, 0.15) is 91.6 Å². The van der Waals surface area contributed by atoms with Crippen LogP contribution in [0.5, 0.6) is 0 Å². The molecule has 3 heteroatoms. The fourth-order valence-electron chi connectivity index (χ4n) is 3.88. The van der Waals surface area contributed by atoms with Crippen LogP contribution in [0.3, 0.4) is 0 Å². The summed E-state index contributed by atoms with van der Waals surface area (Å²) >= 11 is 0. The molecule has 3 rings (SSSR count). The highest BCUT2D eigenvalue weighted by Crippen LogP contribution is 2.25. The molecule has 0 N–H and O–H groups in total.